The average molecular weight is 341 g/mol. The van der Waals surface area contributed by atoms with Gasteiger partial charge in [0, 0.05) is 23.7 Å². The Morgan fingerprint density at radius 3 is 2.48 bits per heavy atom. The van der Waals surface area contributed by atoms with Gasteiger partial charge in [0.25, 0.3) is 0 Å². The Hall–Kier alpha value is -2.56. The van der Waals surface area contributed by atoms with E-state index in [-0.39, 0.29) is 16.9 Å². The lowest BCUT2D eigenvalue weighted by Crippen LogP contribution is -2.43. The number of ketones is 1. The summed E-state index contributed by atoms with van der Waals surface area (Å²) in [4.78, 5) is 25.4. The van der Waals surface area contributed by atoms with Gasteiger partial charge in [-0.1, -0.05) is 32.1 Å². The van der Waals surface area contributed by atoms with E-state index in [2.05, 4.69) is 11.4 Å². The highest BCUT2D eigenvalue weighted by Crippen LogP contribution is 2.47. The number of rotatable bonds is 2. The maximum Gasteiger partial charge on any atom is 0.336 e. The smallest absolute Gasteiger partial charge is 0.336 e. The molecule has 1 aromatic rings. The van der Waals surface area contributed by atoms with E-state index in [0.29, 0.717) is 17.7 Å². The summed E-state index contributed by atoms with van der Waals surface area (Å²) in [5.41, 5.74) is 2.58. The third-order valence-electron chi connectivity index (χ3n) is 4.90. The maximum absolute atomic E-state index is 13.0. The van der Waals surface area contributed by atoms with Crippen molar-refractivity contribution in [1.82, 2.24) is 5.32 Å². The summed E-state index contributed by atoms with van der Waals surface area (Å²) in [6, 6.07) is 6.66. The number of phenolic OH excluding ortho intramolecular Hbond substituents is 1. The van der Waals surface area contributed by atoms with Crippen LogP contribution in [-0.2, 0) is 14.3 Å². The molecule has 0 aromatic heterocycles. The third kappa shape index (κ3) is 3.06. The Labute approximate surface area is 147 Å². The molecule has 132 valence electrons. The first-order valence-electron chi connectivity index (χ1n) is 8.34. The third-order valence-corrected chi connectivity index (χ3v) is 4.90. The molecule has 0 saturated carbocycles. The summed E-state index contributed by atoms with van der Waals surface area (Å²) in [6.45, 7) is 5.88. The largest absolute Gasteiger partial charge is 0.508 e. The molecule has 25 heavy (non-hydrogen) atoms. The average Bonchev–Trinajstić information content (AvgIpc) is 2.52. The van der Waals surface area contributed by atoms with Gasteiger partial charge >= 0.3 is 5.97 Å². The second-order valence-electron chi connectivity index (χ2n) is 7.43. The topological polar surface area (TPSA) is 75.6 Å². The van der Waals surface area contributed by atoms with Crippen molar-refractivity contribution >= 4 is 11.8 Å². The molecule has 1 heterocycles. The predicted molar refractivity (Wildman–Crippen MR) is 93.7 cm³/mol. The minimum atomic E-state index is -0.449. The highest BCUT2D eigenvalue weighted by Gasteiger charge is 2.46. The molecule has 1 aliphatic carbocycles. The zero-order valence-corrected chi connectivity index (χ0v) is 14.9. The van der Waals surface area contributed by atoms with Crippen LogP contribution >= 0.6 is 0 Å². The summed E-state index contributed by atoms with van der Waals surface area (Å²) in [6.07, 6.45) is 2.51. The van der Waals surface area contributed by atoms with Gasteiger partial charge in [-0.25, -0.2) is 4.79 Å². The van der Waals surface area contributed by atoms with Crippen LogP contribution in [0.1, 0.15) is 38.7 Å². The first-order chi connectivity index (χ1) is 11.7. The molecule has 1 aliphatic heterocycles. The number of hydrogen-bond acceptors (Lipinski definition) is 5. The molecule has 2 aliphatic rings. The van der Waals surface area contributed by atoms with E-state index in [4.69, 9.17) is 4.74 Å². The number of aromatic hydroxyl groups is 1. The standard InChI is InChI=1S/C20H23NO4/c1-11-16(19(24)25-4)17(12-5-7-13(22)8-6-12)18-14(21-11)9-20(2,3)10-15(18)23/h5-9,17-18,21-22H,10H2,1-4H3. The number of methoxy groups -OCH3 is 1. The number of fused-ring (bicyclic) bond motifs is 1. The van der Waals surface area contributed by atoms with Crippen molar-refractivity contribution in [3.8, 4) is 5.75 Å². The van der Waals surface area contributed by atoms with Gasteiger partial charge in [-0.15, -0.1) is 0 Å². The number of hydrogen-bond donors (Lipinski definition) is 2. The predicted octanol–water partition coefficient (Wildman–Crippen LogP) is 3.03. The number of ether oxygens (including phenoxy) is 1. The van der Waals surface area contributed by atoms with Crippen molar-refractivity contribution in [2.75, 3.05) is 7.11 Å². The van der Waals surface area contributed by atoms with Crippen LogP contribution in [-0.4, -0.2) is 24.0 Å². The molecule has 0 bridgehead atoms. The van der Waals surface area contributed by atoms with Gasteiger partial charge in [0.1, 0.15) is 11.5 Å². The molecular weight excluding hydrogens is 318 g/mol. The van der Waals surface area contributed by atoms with Crippen LogP contribution in [0.2, 0.25) is 0 Å². The Kier molecular flexibility index (Phi) is 4.19. The van der Waals surface area contributed by atoms with Crippen LogP contribution in [0.25, 0.3) is 0 Å². The zero-order valence-electron chi connectivity index (χ0n) is 14.9. The van der Waals surface area contributed by atoms with E-state index in [0.717, 1.165) is 11.3 Å². The van der Waals surface area contributed by atoms with E-state index in [1.807, 2.05) is 20.8 Å². The molecule has 2 unspecified atom stereocenters. The van der Waals surface area contributed by atoms with Crippen molar-refractivity contribution in [2.24, 2.45) is 11.3 Å². The quantitative estimate of drug-likeness (QED) is 0.809. The van der Waals surface area contributed by atoms with Crippen molar-refractivity contribution in [2.45, 2.75) is 33.1 Å². The Morgan fingerprint density at radius 2 is 1.88 bits per heavy atom. The highest BCUT2D eigenvalue weighted by molar-refractivity contribution is 5.96. The summed E-state index contributed by atoms with van der Waals surface area (Å²) in [7, 11) is 1.34. The summed E-state index contributed by atoms with van der Waals surface area (Å²) < 4.78 is 4.97. The fourth-order valence-electron chi connectivity index (χ4n) is 3.89. The Balaban J connectivity index is 2.20. The van der Waals surface area contributed by atoms with Crippen molar-refractivity contribution in [3.63, 3.8) is 0 Å². The number of esters is 1. The Bertz CT molecular complexity index is 786. The fourth-order valence-corrected chi connectivity index (χ4v) is 3.89. The highest BCUT2D eigenvalue weighted by atomic mass is 16.5. The second kappa shape index (κ2) is 6.06. The summed E-state index contributed by atoms with van der Waals surface area (Å²) >= 11 is 0. The molecular formula is C20H23NO4. The summed E-state index contributed by atoms with van der Waals surface area (Å²) in [5.74, 6) is -1.08. The molecule has 5 heteroatoms. The zero-order chi connectivity index (χ0) is 18.4. The number of benzene rings is 1. The number of allylic oxidation sites excluding steroid dienone is 3. The van der Waals surface area contributed by atoms with Gasteiger partial charge in [0.05, 0.1) is 18.6 Å². The van der Waals surface area contributed by atoms with Crippen LogP contribution < -0.4 is 5.32 Å². The van der Waals surface area contributed by atoms with E-state index >= 15 is 0 Å². The van der Waals surface area contributed by atoms with Gasteiger partial charge in [-0.3, -0.25) is 4.79 Å². The van der Waals surface area contributed by atoms with Gasteiger partial charge < -0.3 is 15.2 Å². The molecule has 1 aromatic carbocycles. The molecule has 5 nitrogen and oxygen atoms in total. The number of carbonyl (C=O) groups excluding carboxylic acids is 2. The van der Waals surface area contributed by atoms with Crippen molar-refractivity contribution < 1.29 is 19.4 Å². The lowest BCUT2D eigenvalue weighted by atomic mass is 9.66. The lowest BCUT2D eigenvalue weighted by Gasteiger charge is -2.41. The van der Waals surface area contributed by atoms with Gasteiger partial charge in [-0.2, -0.15) is 0 Å². The van der Waals surface area contributed by atoms with E-state index in [9.17, 15) is 14.7 Å². The Morgan fingerprint density at radius 1 is 1.24 bits per heavy atom. The monoisotopic (exact) mass is 341 g/mol. The second-order valence-corrected chi connectivity index (χ2v) is 7.43. The molecule has 0 spiro atoms. The molecule has 0 amide bonds. The maximum atomic E-state index is 13.0. The fraction of sp³-hybridized carbons (Fsp3) is 0.400. The minimum absolute atomic E-state index is 0.0991. The molecule has 0 fully saturated rings. The molecule has 0 saturated heterocycles. The van der Waals surface area contributed by atoms with Crippen LogP contribution in [0.3, 0.4) is 0 Å². The normalized spacial score (nSPS) is 25.0. The minimum Gasteiger partial charge on any atom is -0.508 e. The number of Topliss-reactive ketones (excluding diaryl/α,β-unsaturated/α-hetero) is 1. The molecule has 2 N–H and O–H groups in total. The van der Waals surface area contributed by atoms with Gasteiger partial charge in [-0.05, 0) is 30.0 Å². The first kappa shape index (κ1) is 17.3. The van der Waals surface area contributed by atoms with E-state index in [1.54, 1.807) is 24.3 Å². The van der Waals surface area contributed by atoms with Crippen LogP contribution in [0, 0.1) is 11.3 Å². The molecule has 3 rings (SSSR count). The number of nitrogens with one attached hydrogen (secondary N) is 1. The van der Waals surface area contributed by atoms with E-state index in [1.165, 1.54) is 7.11 Å². The number of phenols is 1. The van der Waals surface area contributed by atoms with Crippen LogP contribution in [0.15, 0.2) is 47.3 Å². The lowest BCUT2D eigenvalue weighted by molar-refractivity contribution is -0.136. The van der Waals surface area contributed by atoms with Crippen LogP contribution in [0.5, 0.6) is 5.75 Å². The molecule has 0 radical (unpaired) electrons. The molecule has 2 atom stereocenters. The van der Waals surface area contributed by atoms with Gasteiger partial charge in [0.2, 0.25) is 0 Å². The van der Waals surface area contributed by atoms with Crippen LogP contribution in [0.4, 0.5) is 0 Å². The first-order valence-corrected chi connectivity index (χ1v) is 8.34. The van der Waals surface area contributed by atoms with Crippen molar-refractivity contribution in [3.05, 3.63) is 52.9 Å². The SMILES string of the molecule is COC(=O)C1=C(C)NC2=CC(C)(C)CC(=O)C2C1c1ccc(O)cc1. The van der Waals surface area contributed by atoms with E-state index < -0.39 is 17.8 Å². The van der Waals surface area contributed by atoms with Gasteiger partial charge in [0.15, 0.2) is 0 Å². The van der Waals surface area contributed by atoms with Crippen molar-refractivity contribution in [1.29, 1.82) is 0 Å². The summed E-state index contributed by atoms with van der Waals surface area (Å²) in [5, 5.41) is 12.8. The number of carbonyl (C=O) groups is 2.